The molecule has 257 valence electrons. The summed E-state index contributed by atoms with van der Waals surface area (Å²) in [5.41, 5.74) is 14.3. The number of benzene rings is 3. The molecule has 7 rings (SSSR count). The van der Waals surface area contributed by atoms with Crippen LogP contribution < -0.4 is 0 Å². The van der Waals surface area contributed by atoms with Crippen LogP contribution in [0, 0.1) is 30.4 Å². The Kier molecular flexibility index (Phi) is 9.59. The number of aromatic nitrogens is 2. The predicted octanol–water partition coefficient (Wildman–Crippen LogP) is 11.9. The molecule has 2 aliphatic rings. The van der Waals surface area contributed by atoms with Gasteiger partial charge >= 0.3 is 0 Å². The van der Waals surface area contributed by atoms with Crippen molar-refractivity contribution in [2.24, 2.45) is 11.3 Å². The van der Waals surface area contributed by atoms with E-state index in [4.69, 9.17) is 4.98 Å². The van der Waals surface area contributed by atoms with Crippen molar-refractivity contribution in [3.63, 3.8) is 0 Å². The van der Waals surface area contributed by atoms with Gasteiger partial charge in [-0.25, -0.2) is 0 Å². The van der Waals surface area contributed by atoms with Gasteiger partial charge in [0.05, 0.1) is 0 Å². The van der Waals surface area contributed by atoms with Crippen LogP contribution in [0.4, 0.5) is 0 Å². The minimum absolute atomic E-state index is 0. The summed E-state index contributed by atoms with van der Waals surface area (Å²) in [5.74, 6) is 0.609. The summed E-state index contributed by atoms with van der Waals surface area (Å²) >= 11 is 0. The summed E-state index contributed by atoms with van der Waals surface area (Å²) in [6.07, 6.45) is 3.84. The van der Waals surface area contributed by atoms with Crippen LogP contribution in [0.5, 0.6) is 0 Å². The van der Waals surface area contributed by atoms with E-state index in [2.05, 4.69) is 161 Å². The van der Waals surface area contributed by atoms with E-state index in [1.165, 1.54) is 38.9 Å². The summed E-state index contributed by atoms with van der Waals surface area (Å²) in [6, 6.07) is 34.7. The van der Waals surface area contributed by atoms with Gasteiger partial charge in [0.1, 0.15) is 0 Å². The molecule has 0 aliphatic heterocycles. The maximum absolute atomic E-state index is 4.80. The molecule has 0 bridgehead atoms. The van der Waals surface area contributed by atoms with Gasteiger partial charge in [0, 0.05) is 38.1 Å². The zero-order valence-corrected chi connectivity index (χ0v) is 33.9. The molecule has 0 saturated carbocycles. The average molecular weight is 825 g/mol. The van der Waals surface area contributed by atoms with E-state index < -0.39 is 0 Å². The van der Waals surface area contributed by atoms with Crippen molar-refractivity contribution in [1.29, 1.82) is 0 Å². The zero-order chi connectivity index (χ0) is 34.9. The molecule has 1 unspecified atom stereocenters. The van der Waals surface area contributed by atoms with E-state index in [1.54, 1.807) is 0 Å². The van der Waals surface area contributed by atoms with Crippen molar-refractivity contribution in [3.8, 4) is 33.6 Å². The van der Waals surface area contributed by atoms with Crippen molar-refractivity contribution in [2.75, 3.05) is 0 Å². The Bertz CT molecular complexity index is 1970. The predicted molar refractivity (Wildman–Crippen MR) is 202 cm³/mol. The van der Waals surface area contributed by atoms with Crippen LogP contribution in [-0.4, -0.2) is 9.97 Å². The van der Waals surface area contributed by atoms with Gasteiger partial charge in [0.25, 0.3) is 0 Å². The van der Waals surface area contributed by atoms with Crippen LogP contribution in [0.15, 0.2) is 91.3 Å². The molecule has 2 heterocycles. The van der Waals surface area contributed by atoms with Crippen LogP contribution in [0.25, 0.3) is 33.6 Å². The first-order valence-corrected chi connectivity index (χ1v) is 17.5. The number of aryl methyl sites for hydroxylation is 1. The van der Waals surface area contributed by atoms with Crippen LogP contribution in [0.3, 0.4) is 0 Å². The fourth-order valence-corrected chi connectivity index (χ4v) is 8.35. The van der Waals surface area contributed by atoms with Gasteiger partial charge in [-0.1, -0.05) is 125 Å². The van der Waals surface area contributed by atoms with Gasteiger partial charge in [-0.05, 0) is 68.5 Å². The quantitative estimate of drug-likeness (QED) is 0.169. The Labute approximate surface area is 309 Å². The number of pyridine rings is 2. The van der Waals surface area contributed by atoms with Crippen molar-refractivity contribution < 1.29 is 20.1 Å². The number of rotatable bonds is 3. The van der Waals surface area contributed by atoms with E-state index in [1.807, 2.05) is 30.6 Å². The third-order valence-corrected chi connectivity index (χ3v) is 13.3. The smallest absolute Gasteiger partial charge is 0.0242 e. The Hall–Kier alpha value is -3.39. The molecule has 5 aromatic rings. The van der Waals surface area contributed by atoms with Crippen molar-refractivity contribution in [2.45, 2.75) is 105 Å². The normalized spacial score (nSPS) is 19.9. The Morgan fingerprint density at radius 1 is 0.592 bits per heavy atom. The molecule has 3 heteroatoms. The molecule has 2 aromatic heterocycles. The molecule has 0 saturated heterocycles. The number of nitrogens with zero attached hydrogens (tertiary/aromatic N) is 2. The van der Waals surface area contributed by atoms with E-state index in [9.17, 15) is 0 Å². The van der Waals surface area contributed by atoms with Crippen molar-refractivity contribution in [1.82, 2.24) is 9.97 Å². The first-order valence-electron chi connectivity index (χ1n) is 17.5. The third kappa shape index (κ3) is 5.86. The fraction of sp³-hybridized carbons (Fsp3) is 0.391. The fourth-order valence-electron chi connectivity index (χ4n) is 8.35. The van der Waals surface area contributed by atoms with Gasteiger partial charge in [-0.15, -0.1) is 69.8 Å². The van der Waals surface area contributed by atoms with Gasteiger partial charge in [0.15, 0.2) is 0 Å². The topological polar surface area (TPSA) is 25.8 Å². The van der Waals surface area contributed by atoms with E-state index in [-0.39, 0.29) is 47.2 Å². The molecule has 0 fully saturated rings. The van der Waals surface area contributed by atoms with Crippen molar-refractivity contribution >= 4 is 0 Å². The van der Waals surface area contributed by atoms with E-state index >= 15 is 0 Å². The molecule has 1 radical (unpaired) electrons. The number of hydrogen-bond acceptors (Lipinski definition) is 2. The summed E-state index contributed by atoms with van der Waals surface area (Å²) in [5, 5.41) is 0. The molecule has 0 spiro atoms. The largest absolute Gasteiger partial charge is 0.305 e. The third-order valence-electron chi connectivity index (χ3n) is 13.3. The Morgan fingerprint density at radius 3 is 1.76 bits per heavy atom. The SMILES string of the molecule is CC1C(C)(C)c2c[c-]c(-c3ccccn3)cc2C1(C)C.Cc1cc(-c2[c-]cc3c(c2)C(C)(C)C(C)(C)C3(C)C)ncc1-c1ccccc1.[Ir]. The molecule has 0 amide bonds. The Morgan fingerprint density at radius 2 is 1.14 bits per heavy atom. The Balaban J connectivity index is 0.000000197. The molecular weight excluding hydrogens is 773 g/mol. The molecular formula is C46H52IrN2-2. The average Bonchev–Trinajstić information content (AvgIpc) is 3.27. The van der Waals surface area contributed by atoms with Gasteiger partial charge in [-0.3, -0.25) is 0 Å². The minimum Gasteiger partial charge on any atom is -0.305 e. The summed E-state index contributed by atoms with van der Waals surface area (Å²) in [4.78, 5) is 9.25. The van der Waals surface area contributed by atoms with Crippen LogP contribution in [-0.2, 0) is 41.8 Å². The van der Waals surface area contributed by atoms with Gasteiger partial charge in [0.2, 0.25) is 0 Å². The second-order valence-electron chi connectivity index (χ2n) is 16.9. The second-order valence-corrected chi connectivity index (χ2v) is 16.9. The molecule has 0 N–H and O–H groups in total. The zero-order valence-electron chi connectivity index (χ0n) is 31.5. The first kappa shape index (κ1) is 36.9. The van der Waals surface area contributed by atoms with Crippen molar-refractivity contribution in [3.05, 3.63) is 131 Å². The molecule has 2 nitrogen and oxygen atoms in total. The number of fused-ring (bicyclic) bond motifs is 2. The van der Waals surface area contributed by atoms with E-state index in [0.29, 0.717) is 5.92 Å². The standard InChI is InChI=1S/C27H30N.C19H22N.Ir/c1-18-15-24(28-17-21(18)19-11-9-8-10-12-19)20-13-14-22-23(16-20)26(4,5)27(6,7)25(22,2)3;1-13-18(2,3)15-10-9-14(12-16(15)19(13,4)5)17-8-6-7-11-20-17;/h8-12,14-17H,1-7H3;6-8,10-13H,1-5H3;/q2*-1;. The molecule has 3 aromatic carbocycles. The van der Waals surface area contributed by atoms with Crippen LogP contribution >= 0.6 is 0 Å². The summed E-state index contributed by atoms with van der Waals surface area (Å²) < 4.78 is 0. The van der Waals surface area contributed by atoms with Crippen LogP contribution in [0.1, 0.15) is 104 Å². The monoisotopic (exact) mass is 825 g/mol. The van der Waals surface area contributed by atoms with E-state index in [0.717, 1.165) is 22.5 Å². The second kappa shape index (κ2) is 12.7. The summed E-state index contributed by atoms with van der Waals surface area (Å²) in [7, 11) is 0. The molecule has 1 atom stereocenters. The maximum atomic E-state index is 4.80. The minimum atomic E-state index is 0. The van der Waals surface area contributed by atoms with Gasteiger partial charge < -0.3 is 9.97 Å². The first-order chi connectivity index (χ1) is 22.4. The summed E-state index contributed by atoms with van der Waals surface area (Å²) in [6.45, 7) is 28.2. The van der Waals surface area contributed by atoms with Gasteiger partial charge in [-0.2, -0.15) is 0 Å². The maximum Gasteiger partial charge on any atom is 0.0242 e. The number of hydrogen-bond donors (Lipinski definition) is 0. The molecule has 49 heavy (non-hydrogen) atoms. The van der Waals surface area contributed by atoms with Crippen LogP contribution in [0.2, 0.25) is 0 Å². The molecule has 2 aliphatic carbocycles.